The van der Waals surface area contributed by atoms with Gasteiger partial charge in [0.1, 0.15) is 5.58 Å². The highest BCUT2D eigenvalue weighted by Gasteiger charge is 2.11. The molecule has 0 aliphatic carbocycles. The van der Waals surface area contributed by atoms with Crippen LogP contribution >= 0.6 is 0 Å². The monoisotopic (exact) mass is 353 g/mol. The van der Waals surface area contributed by atoms with Crippen LogP contribution in [0, 0.1) is 6.92 Å². The summed E-state index contributed by atoms with van der Waals surface area (Å²) in [6, 6.07) is 11.8. The molecule has 1 heterocycles. The molecule has 0 bridgehead atoms. The van der Waals surface area contributed by atoms with Gasteiger partial charge < -0.3 is 19.2 Å². The number of carbonyl (C=O) groups excluding carboxylic acids is 1. The van der Waals surface area contributed by atoms with E-state index >= 15 is 0 Å². The summed E-state index contributed by atoms with van der Waals surface area (Å²) in [6.07, 6.45) is 2.69. The number of amides is 1. The molecule has 0 aliphatic rings. The zero-order valence-electron chi connectivity index (χ0n) is 15.3. The lowest BCUT2D eigenvalue weighted by atomic mass is 10.1. The molecule has 0 aliphatic heterocycles. The third kappa shape index (κ3) is 3.99. The number of hydrogen-bond acceptors (Lipinski definition) is 4. The van der Waals surface area contributed by atoms with E-state index in [1.54, 1.807) is 20.5 Å². The highest BCUT2D eigenvalue weighted by molar-refractivity contribution is 5.87. The number of hydrogen-bond donors (Lipinski definition) is 1. The summed E-state index contributed by atoms with van der Waals surface area (Å²) in [5.74, 6) is 1.37. The van der Waals surface area contributed by atoms with E-state index in [-0.39, 0.29) is 5.91 Å². The number of carbonyl (C=O) groups is 1. The van der Waals surface area contributed by atoms with Gasteiger partial charge in [0.25, 0.3) is 0 Å². The second-order valence-corrected chi connectivity index (χ2v) is 6.23. The summed E-state index contributed by atoms with van der Waals surface area (Å²) in [5.41, 5.74) is 3.94. The van der Waals surface area contributed by atoms with Gasteiger partial charge in [-0.05, 0) is 42.7 Å². The van der Waals surface area contributed by atoms with Crippen molar-refractivity contribution in [3.05, 3.63) is 59.4 Å². The van der Waals surface area contributed by atoms with Crippen LogP contribution in [0.4, 0.5) is 0 Å². The summed E-state index contributed by atoms with van der Waals surface area (Å²) >= 11 is 0. The van der Waals surface area contributed by atoms with Gasteiger partial charge in [-0.2, -0.15) is 0 Å². The Bertz CT molecular complexity index is 914. The SMILES string of the molecule is COc1ccc(CCNC(=O)Cc2coc3cc(C)ccc23)cc1OC. The van der Waals surface area contributed by atoms with Crippen molar-refractivity contribution in [1.29, 1.82) is 0 Å². The topological polar surface area (TPSA) is 60.7 Å². The molecule has 1 amide bonds. The molecule has 0 saturated heterocycles. The minimum atomic E-state index is -0.0197. The fraction of sp³-hybridized carbons (Fsp3) is 0.286. The predicted molar refractivity (Wildman–Crippen MR) is 101 cm³/mol. The van der Waals surface area contributed by atoms with Crippen molar-refractivity contribution in [3.63, 3.8) is 0 Å². The van der Waals surface area contributed by atoms with Gasteiger partial charge in [-0.3, -0.25) is 4.79 Å². The van der Waals surface area contributed by atoms with Crippen LogP contribution in [0.5, 0.6) is 11.5 Å². The summed E-state index contributed by atoms with van der Waals surface area (Å²) in [4.78, 5) is 12.2. The lowest BCUT2D eigenvalue weighted by Crippen LogP contribution is -2.27. The molecule has 136 valence electrons. The number of aryl methyl sites for hydroxylation is 1. The third-order valence-electron chi connectivity index (χ3n) is 4.35. The van der Waals surface area contributed by atoms with E-state index in [0.717, 1.165) is 34.1 Å². The molecule has 0 spiro atoms. The normalized spacial score (nSPS) is 10.7. The Morgan fingerprint density at radius 2 is 1.88 bits per heavy atom. The standard InChI is InChI=1S/C21H23NO4/c1-14-4-6-17-16(13-26-19(17)10-14)12-21(23)22-9-8-15-5-7-18(24-2)20(11-15)25-3/h4-7,10-11,13H,8-9,12H2,1-3H3,(H,22,23). The lowest BCUT2D eigenvalue weighted by molar-refractivity contribution is -0.120. The van der Waals surface area contributed by atoms with E-state index < -0.39 is 0 Å². The van der Waals surface area contributed by atoms with Crippen LogP contribution in [-0.4, -0.2) is 26.7 Å². The van der Waals surface area contributed by atoms with E-state index in [4.69, 9.17) is 13.9 Å². The first-order valence-electron chi connectivity index (χ1n) is 8.55. The molecule has 5 nitrogen and oxygen atoms in total. The van der Waals surface area contributed by atoms with Crippen molar-refractivity contribution in [3.8, 4) is 11.5 Å². The number of nitrogens with one attached hydrogen (secondary N) is 1. The van der Waals surface area contributed by atoms with Crippen LogP contribution in [0.2, 0.25) is 0 Å². The Labute approximate surface area is 152 Å². The third-order valence-corrected chi connectivity index (χ3v) is 4.35. The fourth-order valence-electron chi connectivity index (χ4n) is 2.95. The Hall–Kier alpha value is -2.95. The van der Waals surface area contributed by atoms with Crippen molar-refractivity contribution >= 4 is 16.9 Å². The smallest absolute Gasteiger partial charge is 0.224 e. The molecule has 3 rings (SSSR count). The first kappa shape index (κ1) is 17.9. The zero-order chi connectivity index (χ0) is 18.5. The summed E-state index contributed by atoms with van der Waals surface area (Å²) in [7, 11) is 3.22. The number of furan rings is 1. The Morgan fingerprint density at radius 3 is 2.65 bits per heavy atom. The largest absolute Gasteiger partial charge is 0.493 e. The number of benzene rings is 2. The number of ether oxygens (including phenoxy) is 2. The van der Waals surface area contributed by atoms with Crippen LogP contribution in [0.15, 0.2) is 47.1 Å². The quantitative estimate of drug-likeness (QED) is 0.704. The summed E-state index contributed by atoms with van der Waals surface area (Å²) in [6.45, 7) is 2.58. The van der Waals surface area contributed by atoms with E-state index in [0.29, 0.717) is 24.5 Å². The van der Waals surface area contributed by atoms with Crippen LogP contribution in [0.25, 0.3) is 11.0 Å². The van der Waals surface area contributed by atoms with Crippen molar-refractivity contribution in [2.24, 2.45) is 0 Å². The minimum Gasteiger partial charge on any atom is -0.493 e. The van der Waals surface area contributed by atoms with Crippen LogP contribution < -0.4 is 14.8 Å². The van der Waals surface area contributed by atoms with E-state index in [9.17, 15) is 4.79 Å². The van der Waals surface area contributed by atoms with Gasteiger partial charge in [-0.1, -0.05) is 18.2 Å². The Balaban J connectivity index is 1.55. The molecule has 0 fully saturated rings. The molecule has 2 aromatic carbocycles. The lowest BCUT2D eigenvalue weighted by Gasteiger charge is -2.10. The number of fused-ring (bicyclic) bond motifs is 1. The Kier molecular flexibility index (Phi) is 5.46. The first-order valence-corrected chi connectivity index (χ1v) is 8.55. The summed E-state index contributed by atoms with van der Waals surface area (Å²) < 4.78 is 16.1. The molecule has 0 unspecified atom stereocenters. The van der Waals surface area contributed by atoms with Crippen molar-refractivity contribution in [2.45, 2.75) is 19.8 Å². The van der Waals surface area contributed by atoms with Gasteiger partial charge in [0.05, 0.1) is 26.9 Å². The molecule has 3 aromatic rings. The summed E-state index contributed by atoms with van der Waals surface area (Å²) in [5, 5.41) is 3.95. The first-order chi connectivity index (χ1) is 12.6. The van der Waals surface area contributed by atoms with E-state index in [1.165, 1.54) is 0 Å². The predicted octanol–water partition coefficient (Wildman–Crippen LogP) is 3.66. The minimum absolute atomic E-state index is 0.0197. The van der Waals surface area contributed by atoms with Gasteiger partial charge in [0.15, 0.2) is 11.5 Å². The van der Waals surface area contributed by atoms with Crippen molar-refractivity contribution in [2.75, 3.05) is 20.8 Å². The van der Waals surface area contributed by atoms with E-state index in [1.807, 2.05) is 43.3 Å². The second kappa shape index (κ2) is 7.95. The van der Waals surface area contributed by atoms with E-state index in [2.05, 4.69) is 5.32 Å². The highest BCUT2D eigenvalue weighted by atomic mass is 16.5. The maximum absolute atomic E-state index is 12.2. The average Bonchev–Trinajstić information content (AvgIpc) is 3.03. The van der Waals surface area contributed by atoms with Crippen LogP contribution in [-0.2, 0) is 17.6 Å². The molecule has 5 heteroatoms. The van der Waals surface area contributed by atoms with Gasteiger partial charge in [0.2, 0.25) is 5.91 Å². The average molecular weight is 353 g/mol. The van der Waals surface area contributed by atoms with Gasteiger partial charge >= 0.3 is 0 Å². The van der Waals surface area contributed by atoms with Gasteiger partial charge in [-0.25, -0.2) is 0 Å². The molecule has 1 N–H and O–H groups in total. The second-order valence-electron chi connectivity index (χ2n) is 6.23. The molecular weight excluding hydrogens is 330 g/mol. The molecule has 1 aromatic heterocycles. The Morgan fingerprint density at radius 1 is 1.08 bits per heavy atom. The molecule has 0 atom stereocenters. The van der Waals surface area contributed by atoms with Gasteiger partial charge in [0, 0.05) is 17.5 Å². The molecular formula is C21H23NO4. The van der Waals surface area contributed by atoms with Crippen molar-refractivity contribution < 1.29 is 18.7 Å². The number of rotatable bonds is 7. The maximum atomic E-state index is 12.2. The highest BCUT2D eigenvalue weighted by Crippen LogP contribution is 2.27. The van der Waals surface area contributed by atoms with Crippen molar-refractivity contribution in [1.82, 2.24) is 5.32 Å². The molecule has 0 radical (unpaired) electrons. The van der Waals surface area contributed by atoms with Crippen LogP contribution in [0.1, 0.15) is 16.7 Å². The van der Waals surface area contributed by atoms with Crippen LogP contribution in [0.3, 0.4) is 0 Å². The molecule has 0 saturated carbocycles. The maximum Gasteiger partial charge on any atom is 0.224 e. The molecule has 26 heavy (non-hydrogen) atoms. The zero-order valence-corrected chi connectivity index (χ0v) is 15.3. The number of methoxy groups -OCH3 is 2. The van der Waals surface area contributed by atoms with Gasteiger partial charge in [-0.15, -0.1) is 0 Å². The fourth-order valence-corrected chi connectivity index (χ4v) is 2.95.